The Balaban J connectivity index is 1.64. The van der Waals surface area contributed by atoms with E-state index in [1.54, 1.807) is 0 Å². The molecule has 0 aliphatic heterocycles. The molecule has 0 saturated carbocycles. The molecule has 0 amide bonds. The summed E-state index contributed by atoms with van der Waals surface area (Å²) in [7, 11) is 0. The van der Waals surface area contributed by atoms with Crippen LogP contribution in [-0.2, 0) is 35.3 Å². The van der Waals surface area contributed by atoms with Crippen molar-refractivity contribution >= 4 is 22.7 Å². The lowest BCUT2D eigenvalue weighted by Gasteiger charge is -2.19. The molecule has 0 unspecified atom stereocenters. The molecule has 5 aromatic rings. The minimum absolute atomic E-state index is 0.114. The first-order chi connectivity index (χ1) is 22.6. The second kappa shape index (κ2) is 15.1. The fourth-order valence-corrected chi connectivity index (χ4v) is 6.41. The number of hydrogen-bond acceptors (Lipinski definition) is 3. The monoisotopic (exact) mass is 628 g/mol. The van der Waals surface area contributed by atoms with Crippen LogP contribution in [-0.4, -0.2) is 28.8 Å². The standard InChI is InChI=1S/C42H44O5/c1-27(2)20-34-22-29(13-19-41(43)44)12-16-38(34)32-14-17-39(33-15-18-40(47-26-42(45)46)36(25-33)21-28(3)4)35(24-32)23-31-10-7-9-30-8-5-6-11-37(30)31/h5-12,14-18,22,24-25,27-28H,13,19-21,23,26H2,1-4H3,(H,43,44)(H,45,46). The maximum Gasteiger partial charge on any atom is 0.341 e. The van der Waals surface area contributed by atoms with E-state index in [9.17, 15) is 19.8 Å². The van der Waals surface area contributed by atoms with E-state index in [2.05, 4.69) is 113 Å². The van der Waals surface area contributed by atoms with E-state index in [0.717, 1.165) is 47.1 Å². The number of ether oxygens (including phenoxy) is 1. The highest BCUT2D eigenvalue weighted by Crippen LogP contribution is 2.36. The van der Waals surface area contributed by atoms with Crippen molar-refractivity contribution < 1.29 is 24.5 Å². The van der Waals surface area contributed by atoms with Crippen molar-refractivity contribution in [1.82, 2.24) is 0 Å². The van der Waals surface area contributed by atoms with E-state index in [1.807, 2.05) is 12.1 Å². The maximum absolute atomic E-state index is 11.3. The summed E-state index contributed by atoms with van der Waals surface area (Å²) in [5, 5.41) is 20.9. The fourth-order valence-electron chi connectivity index (χ4n) is 6.41. The van der Waals surface area contributed by atoms with Gasteiger partial charge in [0.15, 0.2) is 6.61 Å². The largest absolute Gasteiger partial charge is 0.482 e. The molecule has 5 heteroatoms. The third-order valence-electron chi connectivity index (χ3n) is 8.45. The number of carboxylic acids is 2. The van der Waals surface area contributed by atoms with Crippen molar-refractivity contribution in [3.8, 4) is 28.0 Å². The van der Waals surface area contributed by atoms with Gasteiger partial charge in [0.1, 0.15) is 5.75 Å². The third kappa shape index (κ3) is 8.68. The quantitative estimate of drug-likeness (QED) is 0.128. The molecule has 0 bridgehead atoms. The summed E-state index contributed by atoms with van der Waals surface area (Å²) in [4.78, 5) is 22.5. The van der Waals surface area contributed by atoms with Gasteiger partial charge in [0, 0.05) is 6.42 Å². The Hall–Kier alpha value is -4.90. The molecule has 242 valence electrons. The van der Waals surface area contributed by atoms with Crippen LogP contribution in [0.15, 0.2) is 97.1 Å². The fraction of sp³-hybridized carbons (Fsp3) is 0.286. The summed E-state index contributed by atoms with van der Waals surface area (Å²) < 4.78 is 5.69. The van der Waals surface area contributed by atoms with Gasteiger partial charge in [-0.3, -0.25) is 4.79 Å². The second-order valence-corrected chi connectivity index (χ2v) is 13.3. The van der Waals surface area contributed by atoms with Crippen molar-refractivity contribution in [3.63, 3.8) is 0 Å². The van der Waals surface area contributed by atoms with Crippen LogP contribution >= 0.6 is 0 Å². The minimum atomic E-state index is -0.996. The van der Waals surface area contributed by atoms with E-state index in [4.69, 9.17) is 4.74 Å². The molecule has 0 heterocycles. The Morgan fingerprint density at radius 1 is 0.638 bits per heavy atom. The van der Waals surface area contributed by atoms with Crippen molar-refractivity contribution in [2.45, 2.75) is 59.8 Å². The van der Waals surface area contributed by atoms with Crippen LogP contribution in [0.1, 0.15) is 61.9 Å². The minimum Gasteiger partial charge on any atom is -0.482 e. The van der Waals surface area contributed by atoms with Gasteiger partial charge in [-0.25, -0.2) is 4.79 Å². The van der Waals surface area contributed by atoms with Gasteiger partial charge in [-0.1, -0.05) is 113 Å². The lowest BCUT2D eigenvalue weighted by Crippen LogP contribution is -2.11. The molecule has 2 N–H and O–H groups in total. The Morgan fingerprint density at radius 2 is 1.28 bits per heavy atom. The normalized spacial score (nSPS) is 11.4. The van der Waals surface area contributed by atoms with E-state index in [-0.39, 0.29) is 13.0 Å². The lowest BCUT2D eigenvalue weighted by molar-refractivity contribution is -0.139. The van der Waals surface area contributed by atoms with Gasteiger partial charge in [-0.2, -0.15) is 0 Å². The summed E-state index contributed by atoms with van der Waals surface area (Å²) in [6.45, 7) is 8.34. The van der Waals surface area contributed by atoms with Crippen molar-refractivity contribution in [2.75, 3.05) is 6.61 Å². The zero-order valence-corrected chi connectivity index (χ0v) is 27.8. The zero-order chi connectivity index (χ0) is 33.5. The zero-order valence-electron chi connectivity index (χ0n) is 27.8. The molecule has 0 aliphatic carbocycles. The molecule has 0 fully saturated rings. The summed E-state index contributed by atoms with van der Waals surface area (Å²) in [5.74, 6) is -0.360. The average Bonchev–Trinajstić information content (AvgIpc) is 3.03. The summed E-state index contributed by atoms with van der Waals surface area (Å²) in [5.41, 5.74) is 10.2. The number of carbonyl (C=O) groups is 2. The SMILES string of the molecule is CC(C)Cc1cc(-c2ccc(-c3ccc(CCC(=O)O)cc3CC(C)C)cc2Cc2cccc3ccccc23)ccc1OCC(=O)O. The third-order valence-corrected chi connectivity index (χ3v) is 8.45. The highest BCUT2D eigenvalue weighted by Gasteiger charge is 2.16. The lowest BCUT2D eigenvalue weighted by atomic mass is 9.86. The molecule has 47 heavy (non-hydrogen) atoms. The smallest absolute Gasteiger partial charge is 0.341 e. The predicted molar refractivity (Wildman–Crippen MR) is 190 cm³/mol. The molecule has 0 aromatic heterocycles. The molecule has 5 nitrogen and oxygen atoms in total. The summed E-state index contributed by atoms with van der Waals surface area (Å²) in [6, 6.07) is 34.1. The Bertz CT molecular complexity index is 1880. The molecule has 5 aromatic carbocycles. The van der Waals surface area contributed by atoms with Gasteiger partial charge in [0.2, 0.25) is 0 Å². The van der Waals surface area contributed by atoms with E-state index < -0.39 is 11.9 Å². The topological polar surface area (TPSA) is 83.8 Å². The molecule has 0 saturated heterocycles. The van der Waals surface area contributed by atoms with Crippen molar-refractivity contribution in [2.24, 2.45) is 11.8 Å². The highest BCUT2D eigenvalue weighted by molar-refractivity contribution is 5.86. The molecule has 0 spiro atoms. The van der Waals surface area contributed by atoms with Gasteiger partial charge >= 0.3 is 11.9 Å². The highest BCUT2D eigenvalue weighted by atomic mass is 16.5. The van der Waals surface area contributed by atoms with E-state index in [0.29, 0.717) is 24.0 Å². The van der Waals surface area contributed by atoms with Crippen molar-refractivity contribution in [1.29, 1.82) is 0 Å². The molecular formula is C42H44O5. The van der Waals surface area contributed by atoms with Gasteiger partial charge in [-0.15, -0.1) is 0 Å². The first-order valence-corrected chi connectivity index (χ1v) is 16.5. The summed E-state index contributed by atoms with van der Waals surface area (Å²) in [6.07, 6.45) is 3.02. The number of carboxylic acid groups (broad SMARTS) is 2. The van der Waals surface area contributed by atoms with Crippen LogP contribution in [0, 0.1) is 11.8 Å². The molecule has 5 rings (SSSR count). The average molecular weight is 629 g/mol. The van der Waals surface area contributed by atoms with E-state index >= 15 is 0 Å². The number of aryl methyl sites for hydroxylation is 1. The number of fused-ring (bicyclic) bond motifs is 1. The number of benzene rings is 5. The van der Waals surface area contributed by atoms with Crippen LogP contribution in [0.3, 0.4) is 0 Å². The van der Waals surface area contributed by atoms with Gasteiger partial charge in [0.25, 0.3) is 0 Å². The molecular weight excluding hydrogens is 584 g/mol. The Kier molecular flexibility index (Phi) is 10.8. The van der Waals surface area contributed by atoms with Crippen LogP contribution in [0.4, 0.5) is 0 Å². The van der Waals surface area contributed by atoms with Gasteiger partial charge in [-0.05, 0) is 110 Å². The van der Waals surface area contributed by atoms with Crippen LogP contribution in [0.2, 0.25) is 0 Å². The maximum atomic E-state index is 11.3. The van der Waals surface area contributed by atoms with Crippen LogP contribution < -0.4 is 4.74 Å². The van der Waals surface area contributed by atoms with E-state index in [1.165, 1.54) is 33.0 Å². The Labute approximate surface area is 277 Å². The second-order valence-electron chi connectivity index (χ2n) is 13.3. The molecule has 0 radical (unpaired) electrons. The van der Waals surface area contributed by atoms with Crippen LogP contribution in [0.5, 0.6) is 5.75 Å². The van der Waals surface area contributed by atoms with Gasteiger partial charge in [0.05, 0.1) is 0 Å². The predicted octanol–water partition coefficient (Wildman–Crippen LogP) is 9.64. The van der Waals surface area contributed by atoms with Crippen LogP contribution in [0.25, 0.3) is 33.0 Å². The van der Waals surface area contributed by atoms with Crippen molar-refractivity contribution in [3.05, 3.63) is 125 Å². The summed E-state index contributed by atoms with van der Waals surface area (Å²) >= 11 is 0. The number of hydrogen-bond donors (Lipinski definition) is 2. The number of rotatable bonds is 14. The first kappa shape index (κ1) is 33.5. The van der Waals surface area contributed by atoms with Gasteiger partial charge < -0.3 is 14.9 Å². The number of aliphatic carboxylic acids is 2. The molecule has 0 atom stereocenters. The Morgan fingerprint density at radius 3 is 2.00 bits per heavy atom. The molecule has 0 aliphatic rings. The first-order valence-electron chi connectivity index (χ1n) is 16.5.